The highest BCUT2D eigenvalue weighted by atomic mass is 79.9. The van der Waals surface area contributed by atoms with Crippen LogP contribution in [0.1, 0.15) is 68.3 Å². The first kappa shape index (κ1) is 20.8. The Kier molecular flexibility index (Phi) is 5.84. The zero-order valence-electron chi connectivity index (χ0n) is 16.3. The van der Waals surface area contributed by atoms with Crippen molar-refractivity contribution in [1.29, 1.82) is 0 Å². The van der Waals surface area contributed by atoms with Crippen LogP contribution in [-0.2, 0) is 16.1 Å². The summed E-state index contributed by atoms with van der Waals surface area (Å²) in [7, 11) is 0. The maximum atomic E-state index is 14.7. The third-order valence-electron chi connectivity index (χ3n) is 5.04. The molecule has 2 unspecified atom stereocenters. The third-order valence-corrected chi connectivity index (χ3v) is 5.90. The van der Waals surface area contributed by atoms with Crippen molar-refractivity contribution in [1.82, 2.24) is 4.57 Å². The number of carbonyl (C=O) groups excluding carboxylic acids is 1. The number of esters is 1. The Labute approximate surface area is 172 Å². The van der Waals surface area contributed by atoms with Crippen molar-refractivity contribution in [3.8, 4) is 0 Å². The number of rotatable bonds is 4. The summed E-state index contributed by atoms with van der Waals surface area (Å²) < 4.78 is 22.5. The van der Waals surface area contributed by atoms with E-state index in [0.717, 1.165) is 30.2 Å². The first-order valence-electron chi connectivity index (χ1n) is 9.49. The van der Waals surface area contributed by atoms with Crippen LogP contribution in [0.3, 0.4) is 0 Å². The van der Waals surface area contributed by atoms with E-state index in [0.29, 0.717) is 16.5 Å². The molecule has 5 nitrogen and oxygen atoms in total. The van der Waals surface area contributed by atoms with E-state index < -0.39 is 23.7 Å². The minimum absolute atomic E-state index is 0.0822. The number of hydrogen-bond donors (Lipinski definition) is 1. The van der Waals surface area contributed by atoms with Crippen molar-refractivity contribution >= 4 is 38.8 Å². The second kappa shape index (κ2) is 7.85. The molecule has 0 spiro atoms. The summed E-state index contributed by atoms with van der Waals surface area (Å²) in [6, 6.07) is 4.77. The predicted octanol–water partition coefficient (Wildman–Crippen LogP) is 5.44. The van der Waals surface area contributed by atoms with Crippen molar-refractivity contribution in [2.24, 2.45) is 0 Å². The summed E-state index contributed by atoms with van der Waals surface area (Å²) >= 11 is 3.57. The minimum Gasteiger partial charge on any atom is -0.478 e. The fourth-order valence-electron chi connectivity index (χ4n) is 3.90. The predicted molar refractivity (Wildman–Crippen MR) is 109 cm³/mol. The van der Waals surface area contributed by atoms with E-state index in [2.05, 4.69) is 15.9 Å². The van der Waals surface area contributed by atoms with Crippen LogP contribution in [0.4, 0.5) is 4.39 Å². The molecule has 1 fully saturated rings. The third kappa shape index (κ3) is 4.24. The van der Waals surface area contributed by atoms with Gasteiger partial charge in [0.1, 0.15) is 18.3 Å². The molecule has 3 rings (SSSR count). The fourth-order valence-corrected chi connectivity index (χ4v) is 4.72. The highest BCUT2D eigenvalue weighted by Crippen LogP contribution is 2.43. The van der Waals surface area contributed by atoms with Gasteiger partial charge in [0.25, 0.3) is 0 Å². The standard InChI is InChI=1S/C21H25BrFNO4/c1-21(2,3)28-17(25)11-24-16-10-12(20(26)27)8-9-14(16)18(19(24)22)13-6-4-5-7-15(13)23/h8-10,13,15H,4-7,11H2,1-3H3,(H,26,27). The molecule has 0 radical (unpaired) electrons. The Morgan fingerprint density at radius 1 is 1.29 bits per heavy atom. The SMILES string of the molecule is CC(C)(C)OC(=O)Cn1c(Br)c(C2CCCCC2F)c2ccc(C(=O)O)cc21. The van der Waals surface area contributed by atoms with Gasteiger partial charge in [-0.15, -0.1) is 0 Å². The lowest BCUT2D eigenvalue weighted by atomic mass is 9.82. The number of fused-ring (bicyclic) bond motifs is 1. The Morgan fingerprint density at radius 3 is 2.57 bits per heavy atom. The smallest absolute Gasteiger partial charge is 0.335 e. The van der Waals surface area contributed by atoms with Gasteiger partial charge in [0.15, 0.2) is 0 Å². The Morgan fingerprint density at radius 2 is 1.96 bits per heavy atom. The number of aromatic carboxylic acids is 1. The number of aromatic nitrogens is 1. The average Bonchev–Trinajstić information content (AvgIpc) is 2.85. The van der Waals surface area contributed by atoms with Crippen LogP contribution >= 0.6 is 15.9 Å². The average molecular weight is 454 g/mol. The van der Waals surface area contributed by atoms with Gasteiger partial charge in [0, 0.05) is 11.3 Å². The van der Waals surface area contributed by atoms with Crippen LogP contribution in [0.5, 0.6) is 0 Å². The van der Waals surface area contributed by atoms with E-state index in [9.17, 15) is 19.1 Å². The second-order valence-electron chi connectivity index (χ2n) is 8.32. The minimum atomic E-state index is -1.05. The van der Waals surface area contributed by atoms with Gasteiger partial charge in [-0.05, 0) is 67.2 Å². The zero-order valence-corrected chi connectivity index (χ0v) is 17.9. The Bertz CT molecular complexity index is 915. The second-order valence-corrected chi connectivity index (χ2v) is 9.07. The summed E-state index contributed by atoms with van der Waals surface area (Å²) in [6.07, 6.45) is 2.11. The van der Waals surface area contributed by atoms with Crippen LogP contribution in [-0.4, -0.2) is 33.4 Å². The number of benzene rings is 1. The number of ether oxygens (including phenoxy) is 1. The van der Waals surface area contributed by atoms with Gasteiger partial charge in [-0.1, -0.05) is 18.9 Å². The topological polar surface area (TPSA) is 68.5 Å². The summed E-state index contributed by atoms with van der Waals surface area (Å²) in [6.45, 7) is 5.29. The normalized spacial score (nSPS) is 20.3. The first-order valence-corrected chi connectivity index (χ1v) is 10.3. The van der Waals surface area contributed by atoms with E-state index in [-0.39, 0.29) is 18.0 Å². The van der Waals surface area contributed by atoms with Crippen molar-refractivity contribution < 1.29 is 23.8 Å². The van der Waals surface area contributed by atoms with Gasteiger partial charge < -0.3 is 14.4 Å². The molecule has 0 bridgehead atoms. The summed E-state index contributed by atoms with van der Waals surface area (Å²) in [5.74, 6) is -1.76. The molecule has 1 N–H and O–H groups in total. The van der Waals surface area contributed by atoms with Gasteiger partial charge in [0.2, 0.25) is 0 Å². The van der Waals surface area contributed by atoms with Crippen LogP contribution in [0.15, 0.2) is 22.8 Å². The number of hydrogen-bond acceptors (Lipinski definition) is 3. The molecular formula is C21H25BrFNO4. The van der Waals surface area contributed by atoms with Crippen LogP contribution in [0, 0.1) is 0 Å². The van der Waals surface area contributed by atoms with Gasteiger partial charge in [-0.25, -0.2) is 9.18 Å². The quantitative estimate of drug-likeness (QED) is 0.625. The number of nitrogens with zero attached hydrogens (tertiary/aromatic N) is 1. The number of alkyl halides is 1. The largest absolute Gasteiger partial charge is 0.478 e. The van der Waals surface area contributed by atoms with Crippen LogP contribution < -0.4 is 0 Å². The molecule has 0 saturated heterocycles. The van der Waals surface area contributed by atoms with E-state index in [1.165, 1.54) is 12.1 Å². The highest BCUT2D eigenvalue weighted by molar-refractivity contribution is 9.10. The van der Waals surface area contributed by atoms with Gasteiger partial charge in [-0.3, -0.25) is 4.79 Å². The summed E-state index contributed by atoms with van der Waals surface area (Å²) in [4.78, 5) is 23.9. The van der Waals surface area contributed by atoms with Crippen LogP contribution in [0.25, 0.3) is 10.9 Å². The fraction of sp³-hybridized carbons (Fsp3) is 0.524. The lowest BCUT2D eigenvalue weighted by molar-refractivity contribution is -0.155. The first-order chi connectivity index (χ1) is 13.1. The molecule has 1 aliphatic carbocycles. The molecule has 28 heavy (non-hydrogen) atoms. The van der Waals surface area contributed by atoms with E-state index >= 15 is 0 Å². The van der Waals surface area contributed by atoms with E-state index in [4.69, 9.17) is 4.74 Å². The Balaban J connectivity index is 2.12. The lowest BCUT2D eigenvalue weighted by Crippen LogP contribution is -2.26. The molecule has 152 valence electrons. The highest BCUT2D eigenvalue weighted by Gasteiger charge is 2.32. The van der Waals surface area contributed by atoms with Crippen LogP contribution in [0.2, 0.25) is 0 Å². The molecule has 7 heteroatoms. The number of halogens is 2. The number of carboxylic acid groups (broad SMARTS) is 1. The molecule has 2 aromatic rings. The maximum absolute atomic E-state index is 14.7. The molecular weight excluding hydrogens is 429 g/mol. The molecule has 1 saturated carbocycles. The van der Waals surface area contributed by atoms with Crippen molar-refractivity contribution in [3.05, 3.63) is 33.9 Å². The monoisotopic (exact) mass is 453 g/mol. The molecule has 1 aliphatic rings. The van der Waals surface area contributed by atoms with Gasteiger partial charge >= 0.3 is 11.9 Å². The van der Waals surface area contributed by atoms with Crippen molar-refractivity contribution in [2.75, 3.05) is 0 Å². The Hall–Kier alpha value is -1.89. The van der Waals surface area contributed by atoms with Crippen molar-refractivity contribution in [2.45, 2.75) is 70.7 Å². The summed E-state index contributed by atoms with van der Waals surface area (Å²) in [5.41, 5.74) is 0.887. The van der Waals surface area contributed by atoms with Gasteiger partial charge in [0.05, 0.1) is 15.7 Å². The molecule has 2 atom stereocenters. The zero-order chi connectivity index (χ0) is 20.6. The molecule has 1 aromatic heterocycles. The number of carbonyl (C=O) groups is 2. The molecule has 0 amide bonds. The maximum Gasteiger partial charge on any atom is 0.335 e. The number of carboxylic acids is 1. The lowest BCUT2D eigenvalue weighted by Gasteiger charge is -2.26. The van der Waals surface area contributed by atoms with E-state index in [1.54, 1.807) is 31.4 Å². The molecule has 1 aromatic carbocycles. The molecule has 0 aliphatic heterocycles. The van der Waals surface area contributed by atoms with Crippen molar-refractivity contribution in [3.63, 3.8) is 0 Å². The molecule has 1 heterocycles. The van der Waals surface area contributed by atoms with E-state index in [1.807, 2.05) is 0 Å². The van der Waals surface area contributed by atoms with Gasteiger partial charge in [-0.2, -0.15) is 0 Å². The summed E-state index contributed by atoms with van der Waals surface area (Å²) in [5, 5.41) is 10.1.